The van der Waals surface area contributed by atoms with Crippen molar-refractivity contribution in [3.63, 3.8) is 0 Å². The molecule has 1 aromatic rings. The topological polar surface area (TPSA) is 35.2 Å². The van der Waals surface area contributed by atoms with Crippen LogP contribution in [0.15, 0.2) is 24.3 Å². The van der Waals surface area contributed by atoms with Crippen LogP contribution in [0.5, 0.6) is 5.75 Å². The highest BCUT2D eigenvalue weighted by molar-refractivity contribution is 5.37. The van der Waals surface area contributed by atoms with Gasteiger partial charge in [-0.3, -0.25) is 0 Å². The molecule has 0 amide bonds. The number of benzene rings is 1. The van der Waals surface area contributed by atoms with E-state index in [0.29, 0.717) is 12.0 Å². The summed E-state index contributed by atoms with van der Waals surface area (Å²) in [6.45, 7) is 0.844. The minimum atomic E-state index is 0.350. The summed E-state index contributed by atoms with van der Waals surface area (Å²) in [5, 5.41) is 0. The second-order valence-corrected chi connectivity index (χ2v) is 6.95. The molecule has 0 saturated heterocycles. The lowest BCUT2D eigenvalue weighted by Gasteiger charge is -2.29. The molecule has 1 heterocycles. The van der Waals surface area contributed by atoms with E-state index in [1.807, 2.05) is 0 Å². The van der Waals surface area contributed by atoms with Gasteiger partial charge in [-0.15, -0.1) is 0 Å². The summed E-state index contributed by atoms with van der Waals surface area (Å²) in [7, 11) is 0. The van der Waals surface area contributed by atoms with Gasteiger partial charge >= 0.3 is 0 Å². The van der Waals surface area contributed by atoms with Crippen molar-refractivity contribution in [2.75, 3.05) is 6.61 Å². The molecule has 2 heteroatoms. The molecule has 3 rings (SSSR count). The molecule has 0 aromatic heterocycles. The Bertz CT molecular complexity index is 439. The number of para-hydroxylation sites is 1. The predicted molar refractivity (Wildman–Crippen MR) is 87.7 cm³/mol. The number of fused-ring (bicyclic) bond motifs is 1. The van der Waals surface area contributed by atoms with Crippen molar-refractivity contribution in [3.05, 3.63) is 29.8 Å². The van der Waals surface area contributed by atoms with Gasteiger partial charge in [0.2, 0.25) is 0 Å². The minimum Gasteiger partial charge on any atom is -0.493 e. The van der Waals surface area contributed by atoms with E-state index in [4.69, 9.17) is 10.5 Å². The first-order chi connectivity index (χ1) is 10.3. The Labute approximate surface area is 129 Å². The summed E-state index contributed by atoms with van der Waals surface area (Å²) >= 11 is 0. The molecule has 2 unspecified atom stereocenters. The maximum Gasteiger partial charge on any atom is 0.122 e. The largest absolute Gasteiger partial charge is 0.493 e. The van der Waals surface area contributed by atoms with Crippen LogP contribution < -0.4 is 10.5 Å². The number of rotatable bonds is 5. The van der Waals surface area contributed by atoms with Crippen LogP contribution in [0.1, 0.15) is 69.3 Å². The van der Waals surface area contributed by atoms with E-state index in [1.54, 1.807) is 0 Å². The van der Waals surface area contributed by atoms with Gasteiger partial charge in [0.25, 0.3) is 0 Å². The lowest BCUT2D eigenvalue weighted by atomic mass is 9.82. The second kappa shape index (κ2) is 7.31. The van der Waals surface area contributed by atoms with Gasteiger partial charge in [0, 0.05) is 6.04 Å². The zero-order chi connectivity index (χ0) is 14.5. The fourth-order valence-corrected chi connectivity index (χ4v) is 4.07. The maximum atomic E-state index is 6.44. The van der Waals surface area contributed by atoms with Gasteiger partial charge in [0.15, 0.2) is 0 Å². The van der Waals surface area contributed by atoms with Gasteiger partial charge < -0.3 is 10.5 Å². The Morgan fingerprint density at radius 1 is 1.10 bits per heavy atom. The molecular weight excluding hydrogens is 258 g/mol. The molecule has 116 valence electrons. The summed E-state index contributed by atoms with van der Waals surface area (Å²) < 4.78 is 5.75. The fourth-order valence-electron chi connectivity index (χ4n) is 4.07. The zero-order valence-corrected chi connectivity index (χ0v) is 13.1. The molecule has 2 nitrogen and oxygen atoms in total. The van der Waals surface area contributed by atoms with E-state index in [0.717, 1.165) is 31.1 Å². The Morgan fingerprint density at radius 3 is 2.76 bits per heavy atom. The number of nitrogens with two attached hydrogens (primary N) is 1. The molecule has 2 N–H and O–H groups in total. The van der Waals surface area contributed by atoms with Crippen LogP contribution in [0, 0.1) is 5.92 Å². The Hall–Kier alpha value is -1.02. The van der Waals surface area contributed by atoms with Crippen molar-refractivity contribution in [2.24, 2.45) is 11.7 Å². The maximum absolute atomic E-state index is 6.44. The molecule has 1 aliphatic heterocycles. The van der Waals surface area contributed by atoms with Crippen molar-refractivity contribution >= 4 is 0 Å². The zero-order valence-electron chi connectivity index (χ0n) is 13.1. The van der Waals surface area contributed by atoms with Gasteiger partial charge in [-0.25, -0.2) is 0 Å². The third-order valence-corrected chi connectivity index (χ3v) is 5.34. The SMILES string of the molecule is NC(CCC1CCCCC1)CC1CCOc2ccccc21. The van der Waals surface area contributed by atoms with E-state index in [9.17, 15) is 0 Å². The Kier molecular flexibility index (Phi) is 5.18. The van der Waals surface area contributed by atoms with Crippen LogP contribution in [0.2, 0.25) is 0 Å². The van der Waals surface area contributed by atoms with E-state index in [-0.39, 0.29) is 0 Å². The fraction of sp³-hybridized carbons (Fsp3) is 0.684. The van der Waals surface area contributed by atoms with Gasteiger partial charge in [0.05, 0.1) is 6.61 Å². The first-order valence-corrected chi connectivity index (χ1v) is 8.80. The van der Waals surface area contributed by atoms with Crippen LogP contribution in [0.25, 0.3) is 0 Å². The first-order valence-electron chi connectivity index (χ1n) is 8.80. The third kappa shape index (κ3) is 4.00. The average Bonchev–Trinajstić information content (AvgIpc) is 2.54. The van der Waals surface area contributed by atoms with Gasteiger partial charge in [-0.2, -0.15) is 0 Å². The molecule has 0 bridgehead atoms. The average molecular weight is 287 g/mol. The Balaban J connectivity index is 1.49. The van der Waals surface area contributed by atoms with Crippen molar-refractivity contribution in [3.8, 4) is 5.75 Å². The van der Waals surface area contributed by atoms with Gasteiger partial charge in [-0.05, 0) is 49.1 Å². The summed E-state index contributed by atoms with van der Waals surface area (Å²) in [5.41, 5.74) is 7.81. The molecule has 2 atom stereocenters. The second-order valence-electron chi connectivity index (χ2n) is 6.95. The number of hydrogen-bond acceptors (Lipinski definition) is 2. The molecule has 1 saturated carbocycles. The van der Waals surface area contributed by atoms with E-state index in [1.165, 1.54) is 50.5 Å². The monoisotopic (exact) mass is 287 g/mol. The highest BCUT2D eigenvalue weighted by Crippen LogP contribution is 2.36. The van der Waals surface area contributed by atoms with Gasteiger partial charge in [-0.1, -0.05) is 50.3 Å². The molecule has 21 heavy (non-hydrogen) atoms. The van der Waals surface area contributed by atoms with Crippen molar-refractivity contribution < 1.29 is 4.74 Å². The molecule has 1 aliphatic carbocycles. The third-order valence-electron chi connectivity index (χ3n) is 5.34. The van der Waals surface area contributed by atoms with Crippen LogP contribution in [0.4, 0.5) is 0 Å². The lowest BCUT2D eigenvalue weighted by Crippen LogP contribution is -2.26. The molecule has 1 fully saturated rings. The van der Waals surface area contributed by atoms with Crippen LogP contribution in [0.3, 0.4) is 0 Å². The lowest BCUT2D eigenvalue weighted by molar-refractivity contribution is 0.254. The summed E-state index contributed by atoms with van der Waals surface area (Å²) in [5.74, 6) is 2.62. The highest BCUT2D eigenvalue weighted by atomic mass is 16.5. The summed E-state index contributed by atoms with van der Waals surface area (Å²) in [4.78, 5) is 0. The summed E-state index contributed by atoms with van der Waals surface area (Å²) in [6.07, 6.45) is 12.0. The first kappa shape index (κ1) is 14.9. The standard InChI is InChI=1S/C19H29NO/c20-17(11-10-15-6-2-1-3-7-15)14-16-12-13-21-19-9-5-4-8-18(16)19/h4-5,8-9,15-17H,1-3,6-7,10-14,20H2. The highest BCUT2D eigenvalue weighted by Gasteiger charge is 2.23. The minimum absolute atomic E-state index is 0.350. The Morgan fingerprint density at radius 2 is 1.90 bits per heavy atom. The number of ether oxygens (including phenoxy) is 1. The van der Waals surface area contributed by atoms with Crippen LogP contribution in [-0.2, 0) is 0 Å². The quantitative estimate of drug-likeness (QED) is 0.857. The smallest absolute Gasteiger partial charge is 0.122 e. The normalized spacial score (nSPS) is 24.1. The predicted octanol–water partition coefficient (Wildman–Crippen LogP) is 4.63. The van der Waals surface area contributed by atoms with Crippen LogP contribution in [-0.4, -0.2) is 12.6 Å². The molecule has 2 aliphatic rings. The van der Waals surface area contributed by atoms with E-state index < -0.39 is 0 Å². The van der Waals surface area contributed by atoms with Crippen molar-refractivity contribution in [1.29, 1.82) is 0 Å². The van der Waals surface area contributed by atoms with Crippen LogP contribution >= 0.6 is 0 Å². The summed E-state index contributed by atoms with van der Waals surface area (Å²) in [6, 6.07) is 8.84. The number of hydrogen-bond donors (Lipinski definition) is 1. The van der Waals surface area contributed by atoms with Gasteiger partial charge in [0.1, 0.15) is 5.75 Å². The molecular formula is C19H29NO. The van der Waals surface area contributed by atoms with Crippen molar-refractivity contribution in [1.82, 2.24) is 0 Å². The van der Waals surface area contributed by atoms with E-state index >= 15 is 0 Å². The molecule has 0 spiro atoms. The van der Waals surface area contributed by atoms with Crippen molar-refractivity contribution in [2.45, 2.75) is 69.7 Å². The molecule has 1 aromatic carbocycles. The molecule has 0 radical (unpaired) electrons. The van der Waals surface area contributed by atoms with E-state index in [2.05, 4.69) is 24.3 Å².